The van der Waals surface area contributed by atoms with Gasteiger partial charge in [-0.25, -0.2) is 0 Å². The van der Waals surface area contributed by atoms with Crippen LogP contribution < -0.4 is 10.9 Å². The molecule has 4 aromatic rings. The first-order chi connectivity index (χ1) is 13.0. The van der Waals surface area contributed by atoms with Crippen molar-refractivity contribution in [2.24, 2.45) is 0 Å². The molecule has 0 aliphatic carbocycles. The first-order valence-corrected chi connectivity index (χ1v) is 9.00. The number of rotatable bonds is 3. The third-order valence-electron chi connectivity index (χ3n) is 3.79. The SMILES string of the molecule is O=C(Nc1cc(=O)[nH]c2nc(-c3ccc(Cl)cc3)nn12)c1ccc(Br)cc1. The summed E-state index contributed by atoms with van der Waals surface area (Å²) in [6.07, 6.45) is 0. The van der Waals surface area contributed by atoms with E-state index in [1.54, 1.807) is 48.5 Å². The molecule has 2 N–H and O–H groups in total. The van der Waals surface area contributed by atoms with Crippen molar-refractivity contribution < 1.29 is 4.79 Å². The fraction of sp³-hybridized carbons (Fsp3) is 0. The number of hydrogen-bond acceptors (Lipinski definition) is 4. The van der Waals surface area contributed by atoms with Gasteiger partial charge in [0.15, 0.2) is 5.82 Å². The van der Waals surface area contributed by atoms with E-state index >= 15 is 0 Å². The zero-order valence-electron chi connectivity index (χ0n) is 13.6. The molecule has 9 heteroatoms. The van der Waals surface area contributed by atoms with Gasteiger partial charge in [0, 0.05) is 26.7 Å². The monoisotopic (exact) mass is 443 g/mol. The Balaban J connectivity index is 1.74. The van der Waals surface area contributed by atoms with Crippen LogP contribution in [0.3, 0.4) is 0 Å². The van der Waals surface area contributed by atoms with Gasteiger partial charge in [-0.1, -0.05) is 27.5 Å². The van der Waals surface area contributed by atoms with Crippen LogP contribution in [0.5, 0.6) is 0 Å². The van der Waals surface area contributed by atoms with E-state index in [1.165, 1.54) is 10.6 Å². The van der Waals surface area contributed by atoms with Gasteiger partial charge in [0.25, 0.3) is 11.5 Å². The van der Waals surface area contributed by atoms with Crippen molar-refractivity contribution in [1.82, 2.24) is 19.6 Å². The summed E-state index contributed by atoms with van der Waals surface area (Å²) in [5.74, 6) is 0.471. The molecule has 0 spiro atoms. The summed E-state index contributed by atoms with van der Waals surface area (Å²) in [7, 11) is 0. The maximum Gasteiger partial charge on any atom is 0.256 e. The van der Waals surface area contributed by atoms with Gasteiger partial charge < -0.3 is 5.32 Å². The minimum atomic E-state index is -0.399. The Morgan fingerprint density at radius 1 is 1.11 bits per heavy atom. The lowest BCUT2D eigenvalue weighted by molar-refractivity contribution is 0.102. The molecule has 0 saturated heterocycles. The number of benzene rings is 2. The van der Waals surface area contributed by atoms with Gasteiger partial charge in [-0.15, -0.1) is 5.10 Å². The second kappa shape index (κ2) is 6.98. The highest BCUT2D eigenvalue weighted by molar-refractivity contribution is 9.10. The highest BCUT2D eigenvalue weighted by Crippen LogP contribution is 2.20. The maximum absolute atomic E-state index is 12.5. The minimum Gasteiger partial charge on any atom is -0.306 e. The first kappa shape index (κ1) is 17.4. The topological polar surface area (TPSA) is 92.1 Å². The van der Waals surface area contributed by atoms with Gasteiger partial charge in [0.2, 0.25) is 5.78 Å². The summed E-state index contributed by atoms with van der Waals surface area (Å²) in [5, 5.41) is 7.68. The molecular weight excluding hydrogens is 434 g/mol. The number of halogens is 2. The van der Waals surface area contributed by atoms with Gasteiger partial charge in [-0.2, -0.15) is 9.50 Å². The van der Waals surface area contributed by atoms with E-state index in [0.29, 0.717) is 16.4 Å². The van der Waals surface area contributed by atoms with Crippen LogP contribution in [0.25, 0.3) is 17.2 Å². The highest BCUT2D eigenvalue weighted by atomic mass is 79.9. The minimum absolute atomic E-state index is 0.217. The van der Waals surface area contributed by atoms with Crippen LogP contribution in [0.2, 0.25) is 5.02 Å². The van der Waals surface area contributed by atoms with E-state index < -0.39 is 5.56 Å². The zero-order chi connectivity index (χ0) is 19.0. The van der Waals surface area contributed by atoms with Gasteiger partial charge in [0.1, 0.15) is 5.82 Å². The summed E-state index contributed by atoms with van der Waals surface area (Å²) >= 11 is 9.23. The normalized spacial score (nSPS) is 10.9. The predicted octanol–water partition coefficient (Wildman–Crippen LogP) is 3.75. The Bertz CT molecular complexity index is 1200. The Labute approximate surface area is 166 Å². The van der Waals surface area contributed by atoms with Gasteiger partial charge >= 0.3 is 0 Å². The molecule has 0 aliphatic heterocycles. The van der Waals surface area contributed by atoms with E-state index in [9.17, 15) is 9.59 Å². The number of amides is 1. The van der Waals surface area contributed by atoms with Crippen molar-refractivity contribution in [2.75, 3.05) is 5.32 Å². The number of nitrogens with one attached hydrogen (secondary N) is 2. The fourth-order valence-corrected chi connectivity index (χ4v) is 2.88. The Kier molecular flexibility index (Phi) is 4.51. The molecule has 2 aromatic carbocycles. The largest absolute Gasteiger partial charge is 0.306 e. The lowest BCUT2D eigenvalue weighted by Gasteiger charge is -2.06. The number of nitrogens with zero attached hydrogens (tertiary/aromatic N) is 3. The van der Waals surface area contributed by atoms with E-state index in [0.717, 1.165) is 10.0 Å². The van der Waals surface area contributed by atoms with E-state index in [4.69, 9.17) is 11.6 Å². The van der Waals surface area contributed by atoms with Crippen LogP contribution in [0.1, 0.15) is 10.4 Å². The molecule has 0 aliphatic rings. The summed E-state index contributed by atoms with van der Waals surface area (Å²) in [6, 6.07) is 15.1. The second-order valence-electron chi connectivity index (χ2n) is 5.66. The molecule has 0 atom stereocenters. The number of anilines is 1. The number of H-pyrrole nitrogens is 1. The van der Waals surface area contributed by atoms with Crippen LogP contribution in [0.15, 0.2) is 63.9 Å². The molecule has 0 unspecified atom stereocenters. The molecule has 0 fully saturated rings. The highest BCUT2D eigenvalue weighted by Gasteiger charge is 2.14. The van der Waals surface area contributed by atoms with Crippen LogP contribution in [0.4, 0.5) is 5.82 Å². The van der Waals surface area contributed by atoms with Gasteiger partial charge in [-0.05, 0) is 48.5 Å². The molecule has 27 heavy (non-hydrogen) atoms. The van der Waals surface area contributed by atoms with Gasteiger partial charge in [-0.3, -0.25) is 14.6 Å². The van der Waals surface area contributed by atoms with Crippen LogP contribution >= 0.6 is 27.5 Å². The molecule has 0 bridgehead atoms. The lowest BCUT2D eigenvalue weighted by atomic mass is 10.2. The maximum atomic E-state index is 12.5. The molecule has 2 heterocycles. The number of fused-ring (bicyclic) bond motifs is 1. The molecule has 0 saturated carbocycles. The van der Waals surface area contributed by atoms with Crippen LogP contribution in [-0.2, 0) is 0 Å². The number of aromatic nitrogens is 4. The Morgan fingerprint density at radius 2 is 1.81 bits per heavy atom. The van der Waals surface area contributed by atoms with E-state index in [2.05, 4.69) is 36.3 Å². The molecule has 7 nitrogen and oxygen atoms in total. The average molecular weight is 445 g/mol. The summed E-state index contributed by atoms with van der Waals surface area (Å²) < 4.78 is 2.24. The van der Waals surface area contributed by atoms with Crippen molar-refractivity contribution in [3.05, 3.63) is 80.0 Å². The van der Waals surface area contributed by atoms with E-state index in [-0.39, 0.29) is 17.5 Å². The molecular formula is C18H11BrClN5O2. The summed E-state index contributed by atoms with van der Waals surface area (Å²) in [6.45, 7) is 0. The van der Waals surface area contributed by atoms with Crippen LogP contribution in [0, 0.1) is 0 Å². The molecule has 4 rings (SSSR count). The lowest BCUT2D eigenvalue weighted by Crippen LogP contribution is -2.18. The number of carbonyl (C=O) groups excluding carboxylic acids is 1. The van der Waals surface area contributed by atoms with Gasteiger partial charge in [0.05, 0.1) is 0 Å². The second-order valence-corrected chi connectivity index (χ2v) is 7.01. The Hall–Kier alpha value is -2.97. The molecule has 0 radical (unpaired) electrons. The standard InChI is InChI=1S/C18H11BrClN5O2/c19-12-5-1-11(2-6-12)17(27)21-14-9-15(26)22-18-23-16(24-25(14)18)10-3-7-13(20)8-4-10/h1-9H,(H,21,27)(H,22,23,24,26). The third kappa shape index (κ3) is 3.62. The van der Waals surface area contributed by atoms with Crippen molar-refractivity contribution in [3.63, 3.8) is 0 Å². The fourth-order valence-electron chi connectivity index (χ4n) is 2.49. The van der Waals surface area contributed by atoms with Crippen molar-refractivity contribution >= 4 is 45.0 Å². The third-order valence-corrected chi connectivity index (χ3v) is 4.57. The molecule has 1 amide bonds. The Morgan fingerprint density at radius 3 is 2.52 bits per heavy atom. The van der Waals surface area contributed by atoms with Crippen molar-refractivity contribution in [3.8, 4) is 11.4 Å². The zero-order valence-corrected chi connectivity index (χ0v) is 16.0. The van der Waals surface area contributed by atoms with Crippen molar-refractivity contribution in [1.29, 1.82) is 0 Å². The summed E-state index contributed by atoms with van der Waals surface area (Å²) in [5.41, 5.74) is 0.780. The average Bonchev–Trinajstić information content (AvgIpc) is 3.07. The molecule has 134 valence electrons. The van der Waals surface area contributed by atoms with E-state index in [1.807, 2.05) is 0 Å². The quantitative estimate of drug-likeness (QED) is 0.503. The number of carbonyl (C=O) groups is 1. The van der Waals surface area contributed by atoms with Crippen molar-refractivity contribution in [2.45, 2.75) is 0 Å². The number of hydrogen-bond donors (Lipinski definition) is 2. The summed E-state index contributed by atoms with van der Waals surface area (Å²) in [4.78, 5) is 31.3. The van der Waals surface area contributed by atoms with Crippen LogP contribution in [-0.4, -0.2) is 25.5 Å². The predicted molar refractivity (Wildman–Crippen MR) is 106 cm³/mol. The number of aromatic amines is 1. The first-order valence-electron chi connectivity index (χ1n) is 7.82. The molecule has 2 aromatic heterocycles. The smallest absolute Gasteiger partial charge is 0.256 e.